The Morgan fingerprint density at radius 3 is 2.25 bits per heavy atom. The molecule has 13 heteroatoms. The monoisotopic (exact) mass is 713 g/mol. The first-order valence-electron chi connectivity index (χ1n) is 14.1. The van der Waals surface area contributed by atoms with Gasteiger partial charge >= 0.3 is 6.18 Å². The van der Waals surface area contributed by atoms with Crippen LogP contribution in [-0.4, -0.2) is 43.8 Å². The highest BCUT2D eigenvalue weighted by molar-refractivity contribution is 9.10. The second-order valence-corrected chi connectivity index (χ2v) is 13.8. The molecule has 0 heterocycles. The van der Waals surface area contributed by atoms with Crippen LogP contribution in [0.4, 0.5) is 18.9 Å². The number of carbonyl (C=O) groups is 2. The second-order valence-electron chi connectivity index (χ2n) is 10.7. The molecule has 3 aromatic carbocycles. The van der Waals surface area contributed by atoms with Gasteiger partial charge in [-0.25, -0.2) is 8.42 Å². The van der Waals surface area contributed by atoms with Crippen LogP contribution in [0.1, 0.15) is 50.2 Å². The molecule has 0 aromatic heterocycles. The molecule has 0 bridgehead atoms. The topological polar surface area (TPSA) is 86.8 Å². The normalized spacial score (nSPS) is 15.0. The molecule has 1 atom stereocenters. The van der Waals surface area contributed by atoms with E-state index in [-0.39, 0.29) is 22.5 Å². The van der Waals surface area contributed by atoms with Crippen LogP contribution in [0.2, 0.25) is 5.02 Å². The van der Waals surface area contributed by atoms with Gasteiger partial charge in [0.2, 0.25) is 11.8 Å². The third kappa shape index (κ3) is 8.33. The van der Waals surface area contributed by atoms with Gasteiger partial charge < -0.3 is 10.2 Å². The van der Waals surface area contributed by atoms with Crippen molar-refractivity contribution in [2.24, 2.45) is 0 Å². The van der Waals surface area contributed by atoms with E-state index in [2.05, 4.69) is 21.2 Å². The van der Waals surface area contributed by atoms with Crippen molar-refractivity contribution >= 4 is 55.1 Å². The van der Waals surface area contributed by atoms with Crippen LogP contribution in [0, 0.1) is 0 Å². The number of benzene rings is 3. The van der Waals surface area contributed by atoms with Crippen LogP contribution in [0.15, 0.2) is 82.2 Å². The van der Waals surface area contributed by atoms with Crippen LogP contribution in [0.3, 0.4) is 0 Å². The maximum Gasteiger partial charge on any atom is 0.416 e. The number of carbonyl (C=O) groups excluding carboxylic acids is 2. The van der Waals surface area contributed by atoms with Crippen molar-refractivity contribution < 1.29 is 31.2 Å². The number of nitrogens with one attached hydrogen (secondary N) is 1. The van der Waals surface area contributed by atoms with Gasteiger partial charge in [0, 0.05) is 17.1 Å². The lowest BCUT2D eigenvalue weighted by Crippen LogP contribution is -2.53. The summed E-state index contributed by atoms with van der Waals surface area (Å²) in [5.41, 5.74) is -0.986. The summed E-state index contributed by atoms with van der Waals surface area (Å²) < 4.78 is 70.3. The third-order valence-corrected chi connectivity index (χ3v) is 10.2. The average molecular weight is 715 g/mol. The second kappa shape index (κ2) is 14.3. The van der Waals surface area contributed by atoms with Gasteiger partial charge in [-0.3, -0.25) is 13.9 Å². The maximum absolute atomic E-state index is 14.1. The molecule has 3 aromatic rings. The minimum absolute atomic E-state index is 0.0396. The van der Waals surface area contributed by atoms with Gasteiger partial charge in [-0.1, -0.05) is 77.1 Å². The first-order valence-corrected chi connectivity index (χ1v) is 16.7. The molecule has 2 amide bonds. The molecule has 1 fully saturated rings. The summed E-state index contributed by atoms with van der Waals surface area (Å²) in [5, 5.41) is 2.71. The molecule has 0 spiro atoms. The van der Waals surface area contributed by atoms with Gasteiger partial charge in [0.1, 0.15) is 12.6 Å². The molecule has 0 radical (unpaired) electrons. The molecule has 1 saturated carbocycles. The predicted octanol–water partition coefficient (Wildman–Crippen LogP) is 7.18. The number of nitrogens with zero attached hydrogens (tertiary/aromatic N) is 2. The fourth-order valence-electron chi connectivity index (χ4n) is 5.05. The van der Waals surface area contributed by atoms with Gasteiger partial charge in [-0.15, -0.1) is 0 Å². The van der Waals surface area contributed by atoms with Gasteiger partial charge in [0.05, 0.1) is 21.2 Å². The number of sulfonamides is 1. The quantitative estimate of drug-likeness (QED) is 0.241. The molecular weight excluding hydrogens is 683 g/mol. The molecule has 236 valence electrons. The molecule has 0 saturated heterocycles. The van der Waals surface area contributed by atoms with E-state index in [0.29, 0.717) is 15.9 Å². The van der Waals surface area contributed by atoms with E-state index in [1.165, 1.54) is 29.2 Å². The molecule has 0 aliphatic heterocycles. The van der Waals surface area contributed by atoms with Crippen molar-refractivity contribution in [2.45, 2.75) is 68.7 Å². The van der Waals surface area contributed by atoms with Crippen molar-refractivity contribution in [3.8, 4) is 0 Å². The fraction of sp³-hybridized carbons (Fsp3) is 0.355. The lowest BCUT2D eigenvalue weighted by atomic mass is 9.95. The first-order chi connectivity index (χ1) is 20.8. The minimum Gasteiger partial charge on any atom is -0.352 e. The van der Waals surface area contributed by atoms with Crippen LogP contribution in [-0.2, 0) is 32.3 Å². The number of hydrogen-bond acceptors (Lipinski definition) is 4. The van der Waals surface area contributed by atoms with E-state index in [0.717, 1.165) is 48.7 Å². The van der Waals surface area contributed by atoms with Gasteiger partial charge in [-0.2, -0.15) is 13.2 Å². The smallest absolute Gasteiger partial charge is 0.352 e. The van der Waals surface area contributed by atoms with Crippen molar-refractivity contribution in [3.05, 3.63) is 93.4 Å². The van der Waals surface area contributed by atoms with Crippen LogP contribution in [0.5, 0.6) is 0 Å². The number of amides is 2. The van der Waals surface area contributed by atoms with Crippen molar-refractivity contribution in [1.82, 2.24) is 10.2 Å². The van der Waals surface area contributed by atoms with Crippen molar-refractivity contribution in [3.63, 3.8) is 0 Å². The number of halogens is 5. The lowest BCUT2D eigenvalue weighted by Gasteiger charge is -2.33. The number of anilines is 1. The highest BCUT2D eigenvalue weighted by Crippen LogP contribution is 2.37. The van der Waals surface area contributed by atoms with Crippen LogP contribution in [0.25, 0.3) is 0 Å². The van der Waals surface area contributed by atoms with E-state index in [9.17, 15) is 31.2 Å². The number of hydrogen-bond donors (Lipinski definition) is 1. The molecule has 7 nitrogen and oxygen atoms in total. The summed E-state index contributed by atoms with van der Waals surface area (Å²) in [6.45, 7) is 0.582. The molecular formula is C31H32BrClF3N3O4S. The highest BCUT2D eigenvalue weighted by atomic mass is 79.9. The summed E-state index contributed by atoms with van der Waals surface area (Å²) >= 11 is 9.66. The summed E-state index contributed by atoms with van der Waals surface area (Å²) in [5.74, 6) is -1.20. The Kier molecular flexibility index (Phi) is 11.0. The summed E-state index contributed by atoms with van der Waals surface area (Å²) in [6, 6.07) is 15.3. The molecule has 1 aliphatic rings. The predicted molar refractivity (Wildman–Crippen MR) is 167 cm³/mol. The van der Waals surface area contributed by atoms with E-state index < -0.39 is 51.9 Å². The third-order valence-electron chi connectivity index (χ3n) is 7.54. The standard InChI is InChI=1S/C31H32BrClF3N3O4S/c1-21(30(41)37-25-8-4-2-5-9-25)38(19-22-12-15-24(32)16-13-22)29(40)20-39(44(42,43)26-10-6-3-7-11-26)28-18-23(31(34,35)36)14-17-27(28)33/h3,6-7,10-18,21,25H,2,4-5,8-9,19-20H2,1H3,(H,37,41)/t21-/m1/s1. The molecule has 1 N–H and O–H groups in total. The van der Waals surface area contributed by atoms with E-state index >= 15 is 0 Å². The van der Waals surface area contributed by atoms with Crippen molar-refractivity contribution in [2.75, 3.05) is 10.8 Å². The molecule has 1 aliphatic carbocycles. The van der Waals surface area contributed by atoms with E-state index in [1.807, 2.05) is 0 Å². The summed E-state index contributed by atoms with van der Waals surface area (Å²) in [7, 11) is -4.59. The summed E-state index contributed by atoms with van der Waals surface area (Å²) in [6.07, 6.45) is -0.132. The lowest BCUT2D eigenvalue weighted by molar-refractivity contribution is -0.139. The van der Waals surface area contributed by atoms with E-state index in [1.54, 1.807) is 37.3 Å². The Bertz CT molecular complexity index is 1570. The first kappa shape index (κ1) is 33.8. The number of rotatable bonds is 10. The SMILES string of the molecule is C[C@H](C(=O)NC1CCCCC1)N(Cc1ccc(Br)cc1)C(=O)CN(c1cc(C(F)(F)F)ccc1Cl)S(=O)(=O)c1ccccc1. The molecule has 4 rings (SSSR count). The number of alkyl halides is 3. The fourth-order valence-corrected chi connectivity index (χ4v) is 7.03. The van der Waals surface area contributed by atoms with Gasteiger partial charge in [0.15, 0.2) is 0 Å². The largest absolute Gasteiger partial charge is 0.416 e. The van der Waals surface area contributed by atoms with Gasteiger partial charge in [-0.05, 0) is 67.8 Å². The van der Waals surface area contributed by atoms with Crippen LogP contribution >= 0.6 is 27.5 Å². The zero-order valence-corrected chi connectivity index (χ0v) is 27.0. The zero-order valence-electron chi connectivity index (χ0n) is 23.9. The zero-order chi connectivity index (χ0) is 32.1. The van der Waals surface area contributed by atoms with Crippen LogP contribution < -0.4 is 9.62 Å². The molecule has 0 unspecified atom stereocenters. The molecule has 44 heavy (non-hydrogen) atoms. The van der Waals surface area contributed by atoms with E-state index in [4.69, 9.17) is 11.6 Å². The summed E-state index contributed by atoms with van der Waals surface area (Å²) in [4.78, 5) is 28.5. The minimum atomic E-state index is -4.80. The maximum atomic E-state index is 14.1. The Morgan fingerprint density at radius 2 is 1.64 bits per heavy atom. The van der Waals surface area contributed by atoms with Crippen molar-refractivity contribution in [1.29, 1.82) is 0 Å². The Labute approximate surface area is 268 Å². The average Bonchev–Trinajstić information content (AvgIpc) is 3.00. The Balaban J connectivity index is 1.74. The Morgan fingerprint density at radius 1 is 1.00 bits per heavy atom. The Hall–Kier alpha value is -3.09. The van der Waals surface area contributed by atoms with Gasteiger partial charge in [0.25, 0.3) is 10.0 Å². The highest BCUT2D eigenvalue weighted by Gasteiger charge is 2.36.